The van der Waals surface area contributed by atoms with E-state index in [1.165, 1.54) is 11.8 Å². The van der Waals surface area contributed by atoms with E-state index < -0.39 is 5.79 Å². The van der Waals surface area contributed by atoms with E-state index in [-0.39, 0.29) is 17.3 Å². The molecule has 1 heterocycles. The third kappa shape index (κ3) is 3.50. The van der Waals surface area contributed by atoms with Gasteiger partial charge in [-0.05, 0) is 48.4 Å². The Balaban J connectivity index is 1.47. The van der Waals surface area contributed by atoms with Gasteiger partial charge in [0.15, 0.2) is 5.79 Å². The molecule has 4 heteroatoms. The Kier molecular flexibility index (Phi) is 5.61. The number of hydrogen-bond acceptors (Lipinski definition) is 4. The van der Waals surface area contributed by atoms with Gasteiger partial charge >= 0.3 is 0 Å². The summed E-state index contributed by atoms with van der Waals surface area (Å²) in [6.45, 7) is 4.15. The Labute approximate surface area is 184 Å². The van der Waals surface area contributed by atoms with E-state index in [4.69, 9.17) is 14.2 Å². The Morgan fingerprint density at radius 3 is 2.61 bits per heavy atom. The van der Waals surface area contributed by atoms with Crippen molar-refractivity contribution in [2.45, 2.75) is 56.8 Å². The molecule has 2 aliphatic carbocycles. The first kappa shape index (κ1) is 20.7. The van der Waals surface area contributed by atoms with Gasteiger partial charge in [0.1, 0.15) is 18.6 Å². The second-order valence-corrected chi connectivity index (χ2v) is 9.42. The lowest BCUT2D eigenvalue weighted by molar-refractivity contribution is -0.241. The molecule has 1 aliphatic heterocycles. The van der Waals surface area contributed by atoms with Gasteiger partial charge in [-0.15, -0.1) is 0 Å². The van der Waals surface area contributed by atoms with E-state index in [0.29, 0.717) is 25.7 Å². The molecule has 0 aromatic heterocycles. The molecule has 0 amide bonds. The van der Waals surface area contributed by atoms with Crippen molar-refractivity contribution in [3.8, 4) is 5.75 Å². The average Bonchev–Trinajstić information content (AvgIpc) is 3.30. The molecule has 4 nitrogen and oxygen atoms in total. The lowest BCUT2D eigenvalue weighted by Crippen LogP contribution is -2.59. The fourth-order valence-electron chi connectivity index (χ4n) is 6.59. The molecular weight excluding hydrogens is 388 g/mol. The second kappa shape index (κ2) is 8.40. The average molecular weight is 421 g/mol. The second-order valence-electron chi connectivity index (χ2n) is 9.42. The van der Waals surface area contributed by atoms with E-state index in [9.17, 15) is 4.79 Å². The van der Waals surface area contributed by atoms with Gasteiger partial charge in [0.2, 0.25) is 0 Å². The number of aldehydes is 1. The van der Waals surface area contributed by atoms with Crippen LogP contribution in [0.2, 0.25) is 0 Å². The van der Waals surface area contributed by atoms with E-state index in [1.807, 2.05) is 24.3 Å². The van der Waals surface area contributed by atoms with Crippen molar-refractivity contribution in [1.82, 2.24) is 0 Å². The van der Waals surface area contributed by atoms with E-state index in [1.54, 1.807) is 0 Å². The van der Waals surface area contributed by atoms with Crippen LogP contribution in [0.5, 0.6) is 5.75 Å². The number of rotatable bonds is 5. The zero-order chi connectivity index (χ0) is 21.3. The molecule has 2 saturated carbocycles. The maximum atomic E-state index is 12.3. The Morgan fingerprint density at radius 1 is 1.03 bits per heavy atom. The summed E-state index contributed by atoms with van der Waals surface area (Å²) in [6, 6.07) is 18.7. The number of fused-ring (bicyclic) bond motifs is 1. The van der Waals surface area contributed by atoms with Gasteiger partial charge in [-0.25, -0.2) is 0 Å². The van der Waals surface area contributed by atoms with Crippen LogP contribution in [0.25, 0.3) is 0 Å². The molecule has 1 saturated heterocycles. The highest BCUT2D eigenvalue weighted by atomic mass is 16.7. The summed E-state index contributed by atoms with van der Waals surface area (Å²) in [6.07, 6.45) is 6.11. The molecule has 4 atom stereocenters. The molecule has 31 heavy (non-hydrogen) atoms. The summed E-state index contributed by atoms with van der Waals surface area (Å²) in [5.41, 5.74) is 2.21. The SMILES string of the molecule is C[C@H]1[C@@H]2CCCC(C=O)[C@]2(c2cccc(OCc3ccccc3)c2)CCC12OCCO2. The van der Waals surface area contributed by atoms with Gasteiger partial charge in [0.05, 0.1) is 13.2 Å². The van der Waals surface area contributed by atoms with E-state index in [2.05, 4.69) is 37.3 Å². The summed E-state index contributed by atoms with van der Waals surface area (Å²) in [5, 5.41) is 0. The number of carbonyl (C=O) groups is 1. The largest absolute Gasteiger partial charge is 0.489 e. The third-order valence-corrected chi connectivity index (χ3v) is 8.10. The van der Waals surface area contributed by atoms with Crippen LogP contribution in [0.1, 0.15) is 50.2 Å². The van der Waals surface area contributed by atoms with Crippen LogP contribution in [0.15, 0.2) is 54.6 Å². The van der Waals surface area contributed by atoms with Crippen molar-refractivity contribution >= 4 is 6.29 Å². The first-order chi connectivity index (χ1) is 15.2. The van der Waals surface area contributed by atoms with Crippen molar-refractivity contribution in [2.75, 3.05) is 13.2 Å². The zero-order valence-electron chi connectivity index (χ0n) is 18.3. The molecule has 2 aromatic rings. The van der Waals surface area contributed by atoms with Gasteiger partial charge in [-0.2, -0.15) is 0 Å². The molecule has 3 fully saturated rings. The van der Waals surface area contributed by atoms with E-state index >= 15 is 0 Å². The predicted molar refractivity (Wildman–Crippen MR) is 119 cm³/mol. The standard InChI is InChI=1S/C27H32O4/c1-20-25-12-6-10-23(18-28)26(25,13-14-27(20)30-15-16-31-27)22-9-5-11-24(17-22)29-19-21-7-3-2-4-8-21/h2-5,7-9,11,17-18,20,23,25H,6,10,12-16,19H2,1H3/t20-,23?,25-,26+/m0/s1. The van der Waals surface area contributed by atoms with E-state index in [0.717, 1.165) is 43.4 Å². The molecule has 0 bridgehead atoms. The van der Waals surface area contributed by atoms with Crippen LogP contribution in [-0.2, 0) is 26.3 Å². The fourth-order valence-corrected chi connectivity index (χ4v) is 6.59. The molecule has 0 N–H and O–H groups in total. The van der Waals surface area contributed by atoms with Gasteiger partial charge in [0.25, 0.3) is 0 Å². The smallest absolute Gasteiger partial charge is 0.171 e. The normalized spacial score (nSPS) is 31.8. The summed E-state index contributed by atoms with van der Waals surface area (Å²) < 4.78 is 18.5. The van der Waals surface area contributed by atoms with Gasteiger partial charge < -0.3 is 19.0 Å². The molecule has 2 aromatic carbocycles. The molecule has 5 rings (SSSR count). The lowest BCUT2D eigenvalue weighted by Gasteiger charge is -2.58. The third-order valence-electron chi connectivity index (χ3n) is 8.10. The van der Waals surface area contributed by atoms with Crippen molar-refractivity contribution in [3.63, 3.8) is 0 Å². The first-order valence-corrected chi connectivity index (χ1v) is 11.7. The Bertz CT molecular complexity index is 904. The van der Waals surface area contributed by atoms with Crippen molar-refractivity contribution in [1.29, 1.82) is 0 Å². The minimum absolute atomic E-state index is 0.0248. The highest BCUT2D eigenvalue weighted by Gasteiger charge is 2.60. The predicted octanol–water partition coefficient (Wildman–Crippen LogP) is 5.29. The topological polar surface area (TPSA) is 44.8 Å². The van der Waals surface area contributed by atoms with Crippen LogP contribution in [-0.4, -0.2) is 25.3 Å². The molecular formula is C27H32O4. The van der Waals surface area contributed by atoms with Crippen LogP contribution in [0.4, 0.5) is 0 Å². The summed E-state index contributed by atoms with van der Waals surface area (Å²) in [4.78, 5) is 12.3. The number of hydrogen-bond donors (Lipinski definition) is 0. The van der Waals surface area contributed by atoms with Crippen LogP contribution in [0.3, 0.4) is 0 Å². The van der Waals surface area contributed by atoms with Crippen molar-refractivity contribution in [2.24, 2.45) is 17.8 Å². The van der Waals surface area contributed by atoms with Crippen molar-refractivity contribution in [3.05, 3.63) is 65.7 Å². The monoisotopic (exact) mass is 420 g/mol. The summed E-state index contributed by atoms with van der Waals surface area (Å²) >= 11 is 0. The first-order valence-electron chi connectivity index (χ1n) is 11.7. The molecule has 0 radical (unpaired) electrons. The minimum Gasteiger partial charge on any atom is -0.489 e. The summed E-state index contributed by atoms with van der Waals surface area (Å²) in [7, 11) is 0. The quantitative estimate of drug-likeness (QED) is 0.617. The highest BCUT2D eigenvalue weighted by Crippen LogP contribution is 2.60. The zero-order valence-corrected chi connectivity index (χ0v) is 18.3. The van der Waals surface area contributed by atoms with Crippen LogP contribution < -0.4 is 4.74 Å². The molecule has 164 valence electrons. The summed E-state index contributed by atoms with van der Waals surface area (Å²) in [5.74, 6) is 1.02. The maximum Gasteiger partial charge on any atom is 0.171 e. The Morgan fingerprint density at radius 2 is 1.84 bits per heavy atom. The van der Waals surface area contributed by atoms with Crippen LogP contribution in [0, 0.1) is 17.8 Å². The molecule has 1 spiro atoms. The minimum atomic E-state index is -0.472. The Hall–Kier alpha value is -2.17. The highest BCUT2D eigenvalue weighted by molar-refractivity contribution is 5.59. The van der Waals surface area contributed by atoms with Gasteiger partial charge in [-0.3, -0.25) is 0 Å². The van der Waals surface area contributed by atoms with Crippen molar-refractivity contribution < 1.29 is 19.0 Å². The molecule has 3 aliphatic rings. The van der Waals surface area contributed by atoms with Crippen LogP contribution >= 0.6 is 0 Å². The maximum absolute atomic E-state index is 12.3. The van der Waals surface area contributed by atoms with Gasteiger partial charge in [-0.1, -0.05) is 55.8 Å². The molecule has 1 unspecified atom stereocenters. The number of benzene rings is 2. The number of carbonyl (C=O) groups excluding carboxylic acids is 1. The number of ether oxygens (including phenoxy) is 3. The van der Waals surface area contributed by atoms with Gasteiger partial charge in [0, 0.05) is 23.7 Å². The fraction of sp³-hybridized carbons (Fsp3) is 0.519. The lowest BCUT2D eigenvalue weighted by atomic mass is 9.48.